The molecule has 0 aromatic carbocycles. The van der Waals surface area contributed by atoms with Crippen LogP contribution in [0.4, 0.5) is 0 Å². The topological polar surface area (TPSA) is 43.8 Å². The van der Waals surface area contributed by atoms with Gasteiger partial charge in [0.05, 0.1) is 6.10 Å². The largest absolute Gasteiger partial charge is 0.392 e. The van der Waals surface area contributed by atoms with E-state index in [1.165, 1.54) is 12.8 Å². The van der Waals surface area contributed by atoms with Crippen LogP contribution in [0, 0.1) is 5.92 Å². The van der Waals surface area contributed by atoms with E-state index in [4.69, 9.17) is 0 Å². The Hall–Kier alpha value is -0.880. The lowest BCUT2D eigenvalue weighted by Gasteiger charge is -2.35. The van der Waals surface area contributed by atoms with E-state index in [9.17, 15) is 9.90 Å². The van der Waals surface area contributed by atoms with E-state index < -0.39 is 0 Å². The summed E-state index contributed by atoms with van der Waals surface area (Å²) in [7, 11) is 0. The Morgan fingerprint density at radius 1 is 1.36 bits per heavy atom. The zero-order chi connectivity index (χ0) is 14.7. The lowest BCUT2D eigenvalue weighted by molar-refractivity contribution is -0.127. The van der Waals surface area contributed by atoms with E-state index in [1.807, 2.05) is 28.5 Å². The number of carbonyl (C=O) groups is 1. The number of rotatable bonds is 5. The van der Waals surface area contributed by atoms with Crippen molar-refractivity contribution in [2.45, 2.75) is 18.9 Å². The molecular formula is C16H23ClN2O2S. The first-order valence-electron chi connectivity index (χ1n) is 7.63. The molecule has 1 aromatic heterocycles. The number of piperazine rings is 1. The molecule has 1 saturated heterocycles. The summed E-state index contributed by atoms with van der Waals surface area (Å²) in [6.07, 6.45) is 5.72. The Kier molecular flexibility index (Phi) is 6.44. The van der Waals surface area contributed by atoms with Gasteiger partial charge in [0.25, 0.3) is 0 Å². The summed E-state index contributed by atoms with van der Waals surface area (Å²) in [6.45, 7) is 4.00. The molecule has 2 aliphatic rings. The molecule has 4 nitrogen and oxygen atoms in total. The lowest BCUT2D eigenvalue weighted by Crippen LogP contribution is -2.50. The maximum absolute atomic E-state index is 12.1. The van der Waals surface area contributed by atoms with Gasteiger partial charge in [-0.1, -0.05) is 6.07 Å². The first-order chi connectivity index (χ1) is 10.2. The zero-order valence-corrected chi connectivity index (χ0v) is 14.2. The van der Waals surface area contributed by atoms with Crippen LogP contribution in [-0.4, -0.2) is 59.6 Å². The van der Waals surface area contributed by atoms with Crippen molar-refractivity contribution in [3.8, 4) is 0 Å². The van der Waals surface area contributed by atoms with Crippen molar-refractivity contribution in [1.82, 2.24) is 9.80 Å². The van der Waals surface area contributed by atoms with Crippen LogP contribution in [0.1, 0.15) is 17.7 Å². The number of β-amino-alcohol motifs (C(OH)–C–C–N with tert-alkyl or cyclic N) is 1. The molecule has 1 N–H and O–H groups in total. The van der Waals surface area contributed by atoms with E-state index >= 15 is 0 Å². The number of aliphatic hydroxyl groups is 1. The third-order valence-electron chi connectivity index (χ3n) is 4.23. The predicted octanol–water partition coefficient (Wildman–Crippen LogP) is 2.10. The second-order valence-electron chi connectivity index (χ2n) is 5.88. The minimum absolute atomic E-state index is 0. The molecule has 0 radical (unpaired) electrons. The summed E-state index contributed by atoms with van der Waals surface area (Å²) in [6, 6.07) is 3.99. The summed E-state index contributed by atoms with van der Waals surface area (Å²) in [5.41, 5.74) is 0. The molecule has 22 heavy (non-hydrogen) atoms. The van der Waals surface area contributed by atoms with Crippen molar-refractivity contribution in [3.63, 3.8) is 0 Å². The number of hydrogen-bond acceptors (Lipinski definition) is 4. The fourth-order valence-corrected chi connectivity index (χ4v) is 3.31. The third-order valence-corrected chi connectivity index (χ3v) is 5.07. The number of nitrogens with zero attached hydrogens (tertiary/aromatic N) is 2. The second-order valence-corrected chi connectivity index (χ2v) is 6.86. The minimum Gasteiger partial charge on any atom is -0.392 e. The van der Waals surface area contributed by atoms with Crippen LogP contribution in [-0.2, 0) is 4.79 Å². The molecule has 1 aromatic rings. The quantitative estimate of drug-likeness (QED) is 0.833. The van der Waals surface area contributed by atoms with Crippen LogP contribution in [0.2, 0.25) is 0 Å². The molecule has 0 bridgehead atoms. The molecule has 1 atom stereocenters. The predicted molar refractivity (Wildman–Crippen MR) is 92.4 cm³/mol. The van der Waals surface area contributed by atoms with Crippen LogP contribution in [0.5, 0.6) is 0 Å². The van der Waals surface area contributed by atoms with Gasteiger partial charge in [0.15, 0.2) is 0 Å². The SMILES string of the molecule is Cl.O=C(C=Cc1cccs1)N1CCN(CC(O)C2CC2)CC1. The number of aliphatic hydroxyl groups excluding tert-OH is 1. The van der Waals surface area contributed by atoms with Gasteiger partial charge in [-0.05, 0) is 36.3 Å². The molecule has 2 heterocycles. The van der Waals surface area contributed by atoms with Gasteiger partial charge in [0.2, 0.25) is 5.91 Å². The van der Waals surface area contributed by atoms with Crippen molar-refractivity contribution >= 4 is 35.7 Å². The standard InChI is InChI=1S/C16H22N2O2S.ClH/c19-15(13-3-4-13)12-17-7-9-18(10-8-17)16(20)6-5-14-2-1-11-21-14;/h1-2,5-6,11,13,15,19H,3-4,7-10,12H2;1H. The van der Waals surface area contributed by atoms with E-state index in [1.54, 1.807) is 17.4 Å². The average Bonchev–Trinajstić information content (AvgIpc) is 3.23. The van der Waals surface area contributed by atoms with Crippen LogP contribution < -0.4 is 0 Å². The smallest absolute Gasteiger partial charge is 0.246 e. The first-order valence-corrected chi connectivity index (χ1v) is 8.51. The normalized spacial score (nSPS) is 20.9. The van der Waals surface area contributed by atoms with Gasteiger partial charge < -0.3 is 10.0 Å². The number of amides is 1. The maximum atomic E-state index is 12.1. The molecule has 1 saturated carbocycles. The Morgan fingerprint density at radius 3 is 2.68 bits per heavy atom. The van der Waals surface area contributed by atoms with Gasteiger partial charge in [-0.25, -0.2) is 0 Å². The number of thiophene rings is 1. The maximum Gasteiger partial charge on any atom is 0.246 e. The van der Waals surface area contributed by atoms with Gasteiger partial charge in [-0.2, -0.15) is 0 Å². The van der Waals surface area contributed by atoms with E-state index in [0.29, 0.717) is 5.92 Å². The molecule has 1 unspecified atom stereocenters. The molecule has 1 aliphatic carbocycles. The van der Waals surface area contributed by atoms with Gasteiger partial charge in [0.1, 0.15) is 0 Å². The van der Waals surface area contributed by atoms with E-state index in [0.717, 1.165) is 37.6 Å². The van der Waals surface area contributed by atoms with Crippen molar-refractivity contribution in [2.75, 3.05) is 32.7 Å². The van der Waals surface area contributed by atoms with E-state index in [-0.39, 0.29) is 24.4 Å². The summed E-state index contributed by atoms with van der Waals surface area (Å²) in [4.78, 5) is 17.4. The van der Waals surface area contributed by atoms with Gasteiger partial charge in [0, 0.05) is 43.7 Å². The molecule has 2 fully saturated rings. The van der Waals surface area contributed by atoms with E-state index in [2.05, 4.69) is 4.90 Å². The third kappa shape index (κ3) is 4.81. The van der Waals surface area contributed by atoms with Gasteiger partial charge >= 0.3 is 0 Å². The summed E-state index contributed by atoms with van der Waals surface area (Å²) in [5, 5.41) is 12.0. The summed E-state index contributed by atoms with van der Waals surface area (Å²) in [5.74, 6) is 0.615. The number of carbonyl (C=O) groups excluding carboxylic acids is 1. The Morgan fingerprint density at radius 2 is 2.09 bits per heavy atom. The molecule has 6 heteroatoms. The molecule has 3 rings (SSSR count). The Bertz CT molecular complexity index is 494. The molecule has 1 amide bonds. The Labute approximate surface area is 141 Å². The highest BCUT2D eigenvalue weighted by atomic mass is 35.5. The molecular weight excluding hydrogens is 320 g/mol. The van der Waals surface area contributed by atoms with Crippen LogP contribution in [0.15, 0.2) is 23.6 Å². The molecule has 0 spiro atoms. The fourth-order valence-electron chi connectivity index (χ4n) is 2.69. The highest BCUT2D eigenvalue weighted by Gasteiger charge is 2.31. The zero-order valence-electron chi connectivity index (χ0n) is 12.6. The van der Waals surface area contributed by atoms with Crippen LogP contribution in [0.25, 0.3) is 6.08 Å². The van der Waals surface area contributed by atoms with Crippen LogP contribution in [0.3, 0.4) is 0 Å². The Balaban J connectivity index is 0.00000176. The highest BCUT2D eigenvalue weighted by Crippen LogP contribution is 2.32. The summed E-state index contributed by atoms with van der Waals surface area (Å²) < 4.78 is 0. The van der Waals surface area contributed by atoms with Crippen molar-refractivity contribution in [3.05, 3.63) is 28.5 Å². The van der Waals surface area contributed by atoms with Gasteiger partial charge in [-0.15, -0.1) is 23.7 Å². The van der Waals surface area contributed by atoms with Crippen molar-refractivity contribution < 1.29 is 9.90 Å². The first kappa shape index (κ1) is 17.5. The summed E-state index contributed by atoms with van der Waals surface area (Å²) >= 11 is 1.63. The van der Waals surface area contributed by atoms with Crippen LogP contribution >= 0.6 is 23.7 Å². The second kappa shape index (κ2) is 8.11. The van der Waals surface area contributed by atoms with Crippen molar-refractivity contribution in [1.29, 1.82) is 0 Å². The van der Waals surface area contributed by atoms with Crippen molar-refractivity contribution in [2.24, 2.45) is 5.92 Å². The monoisotopic (exact) mass is 342 g/mol. The highest BCUT2D eigenvalue weighted by molar-refractivity contribution is 7.10. The van der Waals surface area contributed by atoms with Gasteiger partial charge in [-0.3, -0.25) is 9.69 Å². The number of hydrogen-bond donors (Lipinski definition) is 1. The average molecular weight is 343 g/mol. The lowest BCUT2D eigenvalue weighted by atomic mass is 10.2. The molecule has 122 valence electrons. The minimum atomic E-state index is -0.175. The fraction of sp³-hybridized carbons (Fsp3) is 0.562. The molecule has 1 aliphatic heterocycles. The number of halogens is 1.